The van der Waals surface area contributed by atoms with Crippen LogP contribution < -0.4 is 4.90 Å². The number of aromatic nitrogens is 1. The summed E-state index contributed by atoms with van der Waals surface area (Å²) in [4.78, 5) is 8.28. The Morgan fingerprint density at radius 1 is 1.17 bits per heavy atom. The van der Waals surface area contributed by atoms with Crippen LogP contribution in [-0.4, -0.2) is 41.9 Å². The van der Waals surface area contributed by atoms with E-state index < -0.39 is 11.6 Å². The molecule has 0 amide bonds. The molecule has 2 aromatic rings. The number of amidine groups is 1. The van der Waals surface area contributed by atoms with E-state index in [4.69, 9.17) is 22.5 Å². The number of nitrogens with one attached hydrogen (secondary N) is 2. The fourth-order valence-electron chi connectivity index (χ4n) is 3.69. The first-order valence-electron chi connectivity index (χ1n) is 9.84. The molecule has 2 N–H and O–H groups in total. The number of anilines is 1. The van der Waals surface area contributed by atoms with Crippen molar-refractivity contribution in [3.05, 3.63) is 57.9 Å². The summed E-state index contributed by atoms with van der Waals surface area (Å²) in [7, 11) is 0. The van der Waals surface area contributed by atoms with Gasteiger partial charge in [0.1, 0.15) is 5.82 Å². The molecule has 6 nitrogen and oxygen atoms in total. The molecule has 1 aliphatic heterocycles. The summed E-state index contributed by atoms with van der Waals surface area (Å²) in [5.74, 6) is -1.07. The van der Waals surface area contributed by atoms with E-state index in [1.807, 2.05) is 11.0 Å². The number of halogens is 3. The molecule has 160 valence electrons. The van der Waals surface area contributed by atoms with Crippen molar-refractivity contribution < 1.29 is 8.78 Å². The number of pyridine rings is 1. The molecule has 1 aromatic carbocycles. The minimum absolute atomic E-state index is 0.0541. The third-order valence-electron chi connectivity index (χ3n) is 5.09. The summed E-state index contributed by atoms with van der Waals surface area (Å²) in [6, 6.07) is 4.89. The second kappa shape index (κ2) is 9.57. The van der Waals surface area contributed by atoms with Crippen LogP contribution in [0.15, 0.2) is 29.5 Å². The van der Waals surface area contributed by atoms with Gasteiger partial charge in [0.25, 0.3) is 0 Å². The van der Waals surface area contributed by atoms with Crippen LogP contribution in [0.2, 0.25) is 5.02 Å². The molecule has 0 bridgehead atoms. The lowest BCUT2D eigenvalue weighted by molar-refractivity contribution is 0.247. The normalized spacial score (nSPS) is 14.9. The number of nitrogens with zero attached hydrogens (tertiary/aromatic N) is 4. The lowest BCUT2D eigenvalue weighted by Gasteiger charge is -2.37. The minimum atomic E-state index is -0.539. The molecule has 0 atom stereocenters. The SMILES string of the molecule is CC(C)Cc1cc(F)c(C(=N)N=N)c(N2CCN(Cc3cc(Cl)c(F)cn3)CC2)c1. The Kier molecular flexibility index (Phi) is 7.10. The van der Waals surface area contributed by atoms with Gasteiger partial charge in [-0.1, -0.05) is 25.4 Å². The van der Waals surface area contributed by atoms with Gasteiger partial charge in [-0.25, -0.2) is 14.3 Å². The molecule has 0 aliphatic carbocycles. The Hall–Kier alpha value is -2.45. The van der Waals surface area contributed by atoms with Gasteiger partial charge >= 0.3 is 0 Å². The highest BCUT2D eigenvalue weighted by atomic mass is 35.5. The van der Waals surface area contributed by atoms with Gasteiger partial charge in [0, 0.05) is 32.7 Å². The average Bonchev–Trinajstić information content (AvgIpc) is 2.70. The number of benzene rings is 1. The van der Waals surface area contributed by atoms with Crippen molar-refractivity contribution in [2.24, 2.45) is 11.0 Å². The Morgan fingerprint density at radius 2 is 1.87 bits per heavy atom. The molecule has 1 aliphatic rings. The highest BCUT2D eigenvalue weighted by Gasteiger charge is 2.24. The fourth-order valence-corrected chi connectivity index (χ4v) is 3.87. The van der Waals surface area contributed by atoms with E-state index in [-0.39, 0.29) is 16.4 Å². The largest absolute Gasteiger partial charge is 0.368 e. The van der Waals surface area contributed by atoms with Crippen molar-refractivity contribution in [1.82, 2.24) is 9.88 Å². The molecule has 1 saturated heterocycles. The first kappa shape index (κ1) is 22.2. The van der Waals surface area contributed by atoms with Crippen molar-refractivity contribution in [3.63, 3.8) is 0 Å². The Balaban J connectivity index is 1.77. The van der Waals surface area contributed by atoms with Crippen LogP contribution in [0.1, 0.15) is 30.7 Å². The minimum Gasteiger partial charge on any atom is -0.368 e. The van der Waals surface area contributed by atoms with Crippen LogP contribution in [-0.2, 0) is 13.0 Å². The molecule has 2 heterocycles. The Labute approximate surface area is 179 Å². The zero-order valence-electron chi connectivity index (χ0n) is 17.1. The summed E-state index contributed by atoms with van der Waals surface area (Å²) in [5, 5.41) is 11.1. The van der Waals surface area contributed by atoms with Gasteiger partial charge in [-0.15, -0.1) is 5.11 Å². The van der Waals surface area contributed by atoms with E-state index in [9.17, 15) is 8.78 Å². The van der Waals surface area contributed by atoms with Crippen molar-refractivity contribution in [3.8, 4) is 0 Å². The van der Waals surface area contributed by atoms with E-state index in [0.29, 0.717) is 50.0 Å². The van der Waals surface area contributed by atoms with Crippen LogP contribution in [0.25, 0.3) is 0 Å². The lowest BCUT2D eigenvalue weighted by atomic mass is 9.98. The molecular formula is C21H25ClF2N6. The third-order valence-corrected chi connectivity index (χ3v) is 5.38. The summed E-state index contributed by atoms with van der Waals surface area (Å²) in [5.41, 5.74) is 9.40. The third kappa shape index (κ3) is 5.17. The maximum atomic E-state index is 14.8. The van der Waals surface area contributed by atoms with Gasteiger partial charge in [0.15, 0.2) is 11.7 Å². The Bertz CT molecular complexity index is 941. The second-order valence-corrected chi connectivity index (χ2v) is 8.29. The predicted octanol–water partition coefficient (Wildman–Crippen LogP) is 4.89. The molecule has 1 fully saturated rings. The predicted molar refractivity (Wildman–Crippen MR) is 114 cm³/mol. The molecule has 30 heavy (non-hydrogen) atoms. The number of hydrogen-bond donors (Lipinski definition) is 2. The average molecular weight is 435 g/mol. The Morgan fingerprint density at radius 3 is 2.47 bits per heavy atom. The molecule has 3 rings (SSSR count). The fraction of sp³-hybridized carbons (Fsp3) is 0.429. The highest BCUT2D eigenvalue weighted by Crippen LogP contribution is 2.29. The smallest absolute Gasteiger partial charge is 0.178 e. The van der Waals surface area contributed by atoms with Gasteiger partial charge in [0.05, 0.1) is 28.2 Å². The van der Waals surface area contributed by atoms with Crippen LogP contribution in [0.5, 0.6) is 0 Å². The highest BCUT2D eigenvalue weighted by molar-refractivity contribution is 6.30. The van der Waals surface area contributed by atoms with Crippen molar-refractivity contribution in [2.45, 2.75) is 26.8 Å². The standard InChI is InChI=1S/C21H25ClF2N6/c1-13(2)7-14-8-17(23)20(21(25)28-26)19(9-14)30-5-3-29(4-6-30)12-15-10-16(22)18(24)11-27-15/h8-11,13,25-26H,3-7,12H2,1-2H3. The quantitative estimate of drug-likeness (QED) is 0.386. The molecule has 9 heteroatoms. The summed E-state index contributed by atoms with van der Waals surface area (Å²) < 4.78 is 28.1. The van der Waals surface area contributed by atoms with E-state index >= 15 is 0 Å². The summed E-state index contributed by atoms with van der Waals surface area (Å²) in [6.07, 6.45) is 1.85. The maximum Gasteiger partial charge on any atom is 0.178 e. The number of piperazine rings is 1. The second-order valence-electron chi connectivity index (χ2n) is 7.88. The first-order chi connectivity index (χ1) is 14.3. The van der Waals surface area contributed by atoms with Gasteiger partial charge < -0.3 is 4.90 Å². The van der Waals surface area contributed by atoms with Crippen LogP contribution in [0.3, 0.4) is 0 Å². The number of rotatable bonds is 6. The van der Waals surface area contributed by atoms with Crippen LogP contribution >= 0.6 is 11.6 Å². The van der Waals surface area contributed by atoms with Gasteiger partial charge in [-0.3, -0.25) is 15.3 Å². The molecule has 1 aromatic heterocycles. The summed E-state index contributed by atoms with van der Waals surface area (Å²) in [6.45, 7) is 7.31. The summed E-state index contributed by atoms with van der Waals surface area (Å²) >= 11 is 5.84. The number of hydrogen-bond acceptors (Lipinski definition) is 5. The molecule has 0 radical (unpaired) electrons. The first-order valence-corrected chi connectivity index (χ1v) is 10.2. The van der Waals surface area contributed by atoms with Crippen molar-refractivity contribution in [1.29, 1.82) is 10.9 Å². The molecule has 0 unspecified atom stereocenters. The van der Waals surface area contributed by atoms with Gasteiger partial charge in [-0.05, 0) is 36.1 Å². The van der Waals surface area contributed by atoms with Crippen molar-refractivity contribution >= 4 is 23.1 Å². The van der Waals surface area contributed by atoms with E-state index in [1.165, 1.54) is 12.1 Å². The van der Waals surface area contributed by atoms with E-state index in [0.717, 1.165) is 18.2 Å². The molecule has 0 saturated carbocycles. The topological polar surface area (TPSA) is 79.4 Å². The lowest BCUT2D eigenvalue weighted by Crippen LogP contribution is -2.46. The molecular weight excluding hydrogens is 410 g/mol. The van der Waals surface area contributed by atoms with Crippen molar-refractivity contribution in [2.75, 3.05) is 31.1 Å². The van der Waals surface area contributed by atoms with Gasteiger partial charge in [0.2, 0.25) is 0 Å². The monoisotopic (exact) mass is 434 g/mol. The van der Waals surface area contributed by atoms with Crippen LogP contribution in [0, 0.1) is 28.5 Å². The maximum absolute atomic E-state index is 14.8. The van der Waals surface area contributed by atoms with Crippen LogP contribution in [0.4, 0.5) is 14.5 Å². The van der Waals surface area contributed by atoms with Gasteiger partial charge in [-0.2, -0.15) is 0 Å². The van der Waals surface area contributed by atoms with E-state index in [1.54, 1.807) is 0 Å². The zero-order valence-corrected chi connectivity index (χ0v) is 17.8. The molecule has 0 spiro atoms. The van der Waals surface area contributed by atoms with E-state index in [2.05, 4.69) is 28.8 Å². The zero-order chi connectivity index (χ0) is 21.8.